The van der Waals surface area contributed by atoms with Gasteiger partial charge in [-0.05, 0) is 19.3 Å². The molecule has 1 heterocycles. The molecule has 0 aromatic rings. The molecule has 0 aliphatic carbocycles. The van der Waals surface area contributed by atoms with E-state index in [0.717, 1.165) is 19.3 Å². The first kappa shape index (κ1) is 9.92. The van der Waals surface area contributed by atoms with E-state index in [1.807, 2.05) is 0 Å². The van der Waals surface area contributed by atoms with Crippen LogP contribution in [0.25, 0.3) is 0 Å². The van der Waals surface area contributed by atoms with Gasteiger partial charge >= 0.3 is 0 Å². The SMILES string of the molecule is OC[C@H](O)C(O)C1CCCCO1. The number of ether oxygens (including phenoxy) is 1. The van der Waals surface area contributed by atoms with Crippen LogP contribution in [0.4, 0.5) is 0 Å². The van der Waals surface area contributed by atoms with E-state index in [0.29, 0.717) is 6.61 Å². The number of hydrogen-bond donors (Lipinski definition) is 3. The van der Waals surface area contributed by atoms with Crippen molar-refractivity contribution in [2.75, 3.05) is 13.2 Å². The molecule has 72 valence electrons. The Bertz CT molecular complexity index is 122. The summed E-state index contributed by atoms with van der Waals surface area (Å²) in [6, 6.07) is 0. The monoisotopic (exact) mass is 176 g/mol. The van der Waals surface area contributed by atoms with Crippen molar-refractivity contribution in [1.82, 2.24) is 0 Å². The summed E-state index contributed by atoms with van der Waals surface area (Å²) < 4.78 is 5.24. The van der Waals surface area contributed by atoms with Gasteiger partial charge in [0, 0.05) is 6.61 Å². The summed E-state index contributed by atoms with van der Waals surface area (Å²) in [5.41, 5.74) is 0. The van der Waals surface area contributed by atoms with Crippen molar-refractivity contribution in [2.24, 2.45) is 0 Å². The topological polar surface area (TPSA) is 69.9 Å². The first-order chi connectivity index (χ1) is 5.75. The van der Waals surface area contributed by atoms with E-state index in [1.54, 1.807) is 0 Å². The van der Waals surface area contributed by atoms with Crippen LogP contribution in [0, 0.1) is 0 Å². The highest BCUT2D eigenvalue weighted by molar-refractivity contribution is 4.77. The molecular weight excluding hydrogens is 160 g/mol. The minimum Gasteiger partial charge on any atom is -0.394 e. The van der Waals surface area contributed by atoms with Gasteiger partial charge in [-0.25, -0.2) is 0 Å². The largest absolute Gasteiger partial charge is 0.394 e. The Balaban J connectivity index is 2.33. The fraction of sp³-hybridized carbons (Fsp3) is 1.00. The minimum absolute atomic E-state index is 0.305. The second-order valence-corrected chi connectivity index (χ2v) is 3.15. The molecule has 4 nitrogen and oxygen atoms in total. The van der Waals surface area contributed by atoms with Crippen molar-refractivity contribution in [2.45, 2.75) is 37.6 Å². The molecule has 0 aromatic carbocycles. The second kappa shape index (κ2) is 4.77. The Morgan fingerprint density at radius 3 is 2.58 bits per heavy atom. The molecule has 0 amide bonds. The Kier molecular flexibility index (Phi) is 3.94. The molecule has 1 aliphatic heterocycles. The molecule has 0 aromatic heterocycles. The molecule has 12 heavy (non-hydrogen) atoms. The van der Waals surface area contributed by atoms with E-state index in [2.05, 4.69) is 0 Å². The Morgan fingerprint density at radius 2 is 2.08 bits per heavy atom. The fourth-order valence-electron chi connectivity index (χ4n) is 1.39. The third-order valence-corrected chi connectivity index (χ3v) is 2.18. The summed E-state index contributed by atoms with van der Waals surface area (Å²) in [5, 5.41) is 27.1. The van der Waals surface area contributed by atoms with Crippen molar-refractivity contribution in [3.8, 4) is 0 Å². The van der Waals surface area contributed by atoms with Crippen molar-refractivity contribution < 1.29 is 20.1 Å². The molecule has 1 rings (SSSR count). The predicted molar refractivity (Wildman–Crippen MR) is 42.7 cm³/mol. The van der Waals surface area contributed by atoms with Gasteiger partial charge in [-0.2, -0.15) is 0 Å². The molecular formula is C8H16O4. The highest BCUT2D eigenvalue weighted by Crippen LogP contribution is 2.17. The van der Waals surface area contributed by atoms with Gasteiger partial charge in [-0.1, -0.05) is 0 Å². The lowest BCUT2D eigenvalue weighted by Gasteiger charge is -2.29. The zero-order valence-corrected chi connectivity index (χ0v) is 7.02. The second-order valence-electron chi connectivity index (χ2n) is 3.15. The summed E-state index contributed by atoms with van der Waals surface area (Å²) in [4.78, 5) is 0. The summed E-state index contributed by atoms with van der Waals surface area (Å²) >= 11 is 0. The molecule has 3 N–H and O–H groups in total. The van der Waals surface area contributed by atoms with Crippen molar-refractivity contribution >= 4 is 0 Å². The molecule has 0 saturated carbocycles. The lowest BCUT2D eigenvalue weighted by atomic mass is 10.0. The van der Waals surface area contributed by atoms with Crippen molar-refractivity contribution in [3.05, 3.63) is 0 Å². The van der Waals surface area contributed by atoms with Gasteiger partial charge in [0.15, 0.2) is 0 Å². The maximum absolute atomic E-state index is 9.41. The zero-order chi connectivity index (χ0) is 8.97. The average molecular weight is 176 g/mol. The van der Waals surface area contributed by atoms with E-state index in [9.17, 15) is 5.11 Å². The predicted octanol–water partition coefficient (Wildman–Crippen LogP) is -0.730. The lowest BCUT2D eigenvalue weighted by molar-refractivity contribution is -0.116. The van der Waals surface area contributed by atoms with Crippen LogP contribution in [-0.2, 0) is 4.74 Å². The van der Waals surface area contributed by atoms with Crippen LogP contribution in [0.1, 0.15) is 19.3 Å². The molecule has 3 atom stereocenters. The van der Waals surface area contributed by atoms with Crippen LogP contribution in [0.3, 0.4) is 0 Å². The van der Waals surface area contributed by atoms with Gasteiger partial charge in [-0.15, -0.1) is 0 Å². The minimum atomic E-state index is -1.08. The van der Waals surface area contributed by atoms with E-state index in [1.165, 1.54) is 0 Å². The number of hydrogen-bond acceptors (Lipinski definition) is 4. The first-order valence-electron chi connectivity index (χ1n) is 4.34. The van der Waals surface area contributed by atoms with Gasteiger partial charge in [0.1, 0.15) is 12.2 Å². The number of rotatable bonds is 3. The van der Waals surface area contributed by atoms with Gasteiger partial charge in [-0.3, -0.25) is 0 Å². The van der Waals surface area contributed by atoms with Crippen LogP contribution in [0.15, 0.2) is 0 Å². The summed E-state index contributed by atoms with van der Waals surface area (Å²) in [6.07, 6.45) is 0.459. The van der Waals surface area contributed by atoms with E-state index >= 15 is 0 Å². The molecule has 0 radical (unpaired) electrons. The highest BCUT2D eigenvalue weighted by Gasteiger charge is 2.27. The third-order valence-electron chi connectivity index (χ3n) is 2.18. The van der Waals surface area contributed by atoms with E-state index < -0.39 is 18.8 Å². The third kappa shape index (κ3) is 2.42. The van der Waals surface area contributed by atoms with E-state index in [4.69, 9.17) is 14.9 Å². The first-order valence-corrected chi connectivity index (χ1v) is 4.34. The normalized spacial score (nSPS) is 29.8. The van der Waals surface area contributed by atoms with Crippen LogP contribution in [-0.4, -0.2) is 46.8 Å². The Labute approximate surface area is 71.8 Å². The molecule has 2 unspecified atom stereocenters. The van der Waals surface area contributed by atoms with Crippen LogP contribution < -0.4 is 0 Å². The van der Waals surface area contributed by atoms with Crippen LogP contribution in [0.2, 0.25) is 0 Å². The Morgan fingerprint density at radius 1 is 1.33 bits per heavy atom. The number of aliphatic hydroxyl groups is 3. The molecule has 1 saturated heterocycles. The van der Waals surface area contributed by atoms with Gasteiger partial charge < -0.3 is 20.1 Å². The van der Waals surface area contributed by atoms with E-state index in [-0.39, 0.29) is 6.10 Å². The highest BCUT2D eigenvalue weighted by atomic mass is 16.5. The summed E-state index contributed by atoms with van der Waals surface area (Å²) in [5.74, 6) is 0. The average Bonchev–Trinajstić information content (AvgIpc) is 2.17. The molecule has 0 spiro atoms. The number of aliphatic hydroxyl groups excluding tert-OH is 3. The van der Waals surface area contributed by atoms with Gasteiger partial charge in [0.05, 0.1) is 12.7 Å². The molecule has 1 fully saturated rings. The van der Waals surface area contributed by atoms with Gasteiger partial charge in [0.2, 0.25) is 0 Å². The summed E-state index contributed by atoms with van der Waals surface area (Å²) in [7, 11) is 0. The maximum Gasteiger partial charge on any atom is 0.108 e. The smallest absolute Gasteiger partial charge is 0.108 e. The lowest BCUT2D eigenvalue weighted by Crippen LogP contribution is -2.42. The standard InChI is InChI=1S/C8H16O4/c9-5-6(10)8(11)7-3-1-2-4-12-7/h6-11H,1-5H2/t6-,7?,8?/m0/s1. The fourth-order valence-corrected chi connectivity index (χ4v) is 1.39. The quantitative estimate of drug-likeness (QED) is 0.530. The molecule has 4 heteroatoms. The molecule has 0 bridgehead atoms. The zero-order valence-electron chi connectivity index (χ0n) is 7.02. The van der Waals surface area contributed by atoms with Crippen molar-refractivity contribution in [3.63, 3.8) is 0 Å². The molecule has 1 aliphatic rings. The summed E-state index contributed by atoms with van der Waals surface area (Å²) in [6.45, 7) is 0.223. The van der Waals surface area contributed by atoms with Crippen molar-refractivity contribution in [1.29, 1.82) is 0 Å². The van der Waals surface area contributed by atoms with Crippen LogP contribution in [0.5, 0.6) is 0 Å². The maximum atomic E-state index is 9.41. The van der Waals surface area contributed by atoms with Crippen LogP contribution >= 0.6 is 0 Å². The Hall–Kier alpha value is -0.160. The van der Waals surface area contributed by atoms with Gasteiger partial charge in [0.25, 0.3) is 0 Å².